The van der Waals surface area contributed by atoms with Gasteiger partial charge in [-0.25, -0.2) is 45.0 Å². The molecule has 14 nitrogen and oxygen atoms in total. The number of hydrogen-bond acceptors (Lipinski definition) is 10. The quantitative estimate of drug-likeness (QED) is 0.0774. The fourth-order valence-corrected chi connectivity index (χ4v) is 9.82. The molecule has 3 aromatic carbocycles. The topological polar surface area (TPSA) is 160 Å². The second kappa shape index (κ2) is 20.4. The molecule has 376 valence electrons. The van der Waals surface area contributed by atoms with Gasteiger partial charge in [-0.15, -0.1) is 0 Å². The lowest BCUT2D eigenvalue weighted by Crippen LogP contribution is -2.39. The van der Waals surface area contributed by atoms with Crippen LogP contribution in [0.1, 0.15) is 107 Å². The summed E-state index contributed by atoms with van der Waals surface area (Å²) >= 11 is 10.6. The maximum Gasteiger partial charge on any atom is 0.408 e. The largest absolute Gasteiger partial charge is 0.497 e. The second-order valence-corrected chi connectivity index (χ2v) is 22.5. The summed E-state index contributed by atoms with van der Waals surface area (Å²) < 4.78 is 108. The van der Waals surface area contributed by atoms with Crippen LogP contribution in [-0.4, -0.2) is 74.6 Å². The minimum Gasteiger partial charge on any atom is -0.497 e. The number of pyridine rings is 1. The lowest BCUT2D eigenvalue weighted by molar-refractivity contribution is -0.0385. The Bertz CT molecular complexity index is 3080. The van der Waals surface area contributed by atoms with Crippen LogP contribution in [0.5, 0.6) is 5.75 Å². The number of rotatable bonds is 15. The molecule has 70 heavy (non-hydrogen) atoms. The predicted octanol–water partition coefficient (Wildman–Crippen LogP) is 10.8. The van der Waals surface area contributed by atoms with Gasteiger partial charge in [0.2, 0.25) is 15.9 Å². The molecule has 3 heterocycles. The lowest BCUT2D eigenvalue weighted by atomic mass is 9.84. The molecule has 1 aliphatic rings. The number of aryl methyl sites for hydroxylation is 1. The van der Waals surface area contributed by atoms with E-state index in [2.05, 4.69) is 21.2 Å². The number of carbonyl (C=O) groups excluding carboxylic acids is 1. The normalized spacial score (nSPS) is 15.1. The van der Waals surface area contributed by atoms with E-state index in [9.17, 15) is 30.8 Å². The number of nitrogens with one attached hydrogen (secondary N) is 1. The summed E-state index contributed by atoms with van der Waals surface area (Å²) in [6, 6.07) is 12.9. The first-order chi connectivity index (χ1) is 32.7. The maximum absolute atomic E-state index is 15.9. The van der Waals surface area contributed by atoms with Crippen LogP contribution in [0.2, 0.25) is 5.02 Å². The van der Waals surface area contributed by atoms with Crippen molar-refractivity contribution in [3.05, 3.63) is 116 Å². The van der Waals surface area contributed by atoms with E-state index < -0.39 is 62.4 Å². The highest BCUT2D eigenvalue weighted by Crippen LogP contribution is 2.42. The number of carbonyl (C=O) groups is 1. The molecule has 3 aromatic heterocycles. The molecule has 1 amide bonds. The van der Waals surface area contributed by atoms with E-state index in [1.165, 1.54) is 28.5 Å². The van der Waals surface area contributed by atoms with Gasteiger partial charge < -0.3 is 19.5 Å². The number of alkyl carbamates (subject to hydrolysis) is 1. The molecule has 7 rings (SSSR count). The van der Waals surface area contributed by atoms with Gasteiger partial charge in [0.15, 0.2) is 11.5 Å². The highest BCUT2D eigenvalue weighted by molar-refractivity contribution is 9.09. The van der Waals surface area contributed by atoms with Crippen LogP contribution in [0.15, 0.2) is 65.5 Å². The van der Waals surface area contributed by atoms with Gasteiger partial charge in [-0.05, 0) is 114 Å². The van der Waals surface area contributed by atoms with Gasteiger partial charge in [0, 0.05) is 42.3 Å². The van der Waals surface area contributed by atoms with E-state index in [0.29, 0.717) is 34.0 Å². The monoisotopic (exact) mass is 1080 g/mol. The highest BCUT2D eigenvalue weighted by Gasteiger charge is 2.37. The zero-order valence-electron chi connectivity index (χ0n) is 40.0. The predicted molar refractivity (Wildman–Crippen MR) is 264 cm³/mol. The molecule has 1 fully saturated rings. The van der Waals surface area contributed by atoms with Gasteiger partial charge in [0.1, 0.15) is 28.8 Å². The van der Waals surface area contributed by atoms with Crippen molar-refractivity contribution in [1.29, 1.82) is 0 Å². The Morgan fingerprint density at radius 3 is 2.20 bits per heavy atom. The smallest absolute Gasteiger partial charge is 0.408 e. The molecule has 21 heteroatoms. The average molecular weight is 1080 g/mol. The zero-order chi connectivity index (χ0) is 51.1. The summed E-state index contributed by atoms with van der Waals surface area (Å²) in [7, 11) is -2.59. The number of anilines is 1. The van der Waals surface area contributed by atoms with Crippen molar-refractivity contribution < 1.29 is 45.0 Å². The van der Waals surface area contributed by atoms with Crippen molar-refractivity contribution in [1.82, 2.24) is 29.6 Å². The molecule has 0 spiro atoms. The molecule has 0 unspecified atom stereocenters. The Labute approximate surface area is 416 Å². The molecule has 0 bridgehead atoms. The number of sulfonamides is 1. The Morgan fingerprint density at radius 2 is 1.61 bits per heavy atom. The third kappa shape index (κ3) is 12.2. The third-order valence-electron chi connectivity index (χ3n) is 11.6. The Hall–Kier alpha value is -5.31. The first-order valence-corrected chi connectivity index (χ1v) is 25.9. The Kier molecular flexibility index (Phi) is 15.3. The fourth-order valence-electron chi connectivity index (χ4n) is 8.42. The SMILES string of the molecule is COc1ccc(CN(c2nn(CCBr)c3c(-n4c([C@H](Cc5cc(F)cc(F)c5)NC(=O)OC(C)(C)C)nc5nc(C6CCC(F)(F)CC6)cc(COC(C)(C)C)c5c4=O)ccc(Cl)c23)S(C)(=O)=O)cc1. The molecule has 1 atom stereocenters. The van der Waals surface area contributed by atoms with Crippen LogP contribution in [0.25, 0.3) is 27.6 Å². The van der Waals surface area contributed by atoms with Crippen molar-refractivity contribution in [3.63, 3.8) is 0 Å². The third-order valence-corrected chi connectivity index (χ3v) is 13.4. The molecule has 0 saturated heterocycles. The van der Waals surface area contributed by atoms with Crippen LogP contribution in [0.3, 0.4) is 0 Å². The van der Waals surface area contributed by atoms with Crippen molar-refractivity contribution in [2.45, 2.75) is 122 Å². The number of hydrogen-bond donors (Lipinski definition) is 1. The number of fused-ring (bicyclic) bond motifs is 2. The second-order valence-electron chi connectivity index (χ2n) is 19.4. The van der Waals surface area contributed by atoms with Crippen molar-refractivity contribution in [3.8, 4) is 11.4 Å². The molecular weight excluding hydrogens is 1020 g/mol. The molecule has 0 aliphatic heterocycles. The number of ether oxygens (including phenoxy) is 3. The minimum absolute atomic E-state index is 0.0159. The first-order valence-electron chi connectivity index (χ1n) is 22.5. The summed E-state index contributed by atoms with van der Waals surface area (Å²) in [5.74, 6) is -4.78. The van der Waals surface area contributed by atoms with E-state index in [1.54, 1.807) is 51.1 Å². The Morgan fingerprint density at radius 1 is 0.957 bits per heavy atom. The molecular formula is C49H55BrClF4N7O7S. The van der Waals surface area contributed by atoms with Crippen LogP contribution in [-0.2, 0) is 45.6 Å². The van der Waals surface area contributed by atoms with Gasteiger partial charge in [-0.1, -0.05) is 39.7 Å². The molecule has 0 radical (unpaired) electrons. The number of benzene rings is 3. The minimum atomic E-state index is -4.10. The number of alkyl halides is 3. The van der Waals surface area contributed by atoms with E-state index in [4.69, 9.17) is 40.9 Å². The number of methoxy groups -OCH3 is 1. The van der Waals surface area contributed by atoms with Gasteiger partial charge in [0.25, 0.3) is 5.56 Å². The molecule has 6 aromatic rings. The van der Waals surface area contributed by atoms with Crippen LogP contribution >= 0.6 is 27.5 Å². The molecule has 1 saturated carbocycles. The standard InChI is InChI=1S/C49H55BrClF4N7O7S/c1-47(2,3)68-27-31-24-36(30-15-17-49(54,55)18-16-30)56-42-39(31)45(63)62(43(58-42)37(57-46(64)69-48(4,5)6)23-29-21-32(52)25-33(53)22-29)38-14-13-35(51)40-41(38)60(20-19-50)59-44(40)61(70(8,65)66)26-28-9-11-34(67-7)12-10-28/h9-14,21-22,24-25,30,37H,15-20,23,26-27H2,1-8H3,(H,57,64)/t37-/m0/s1. The van der Waals surface area contributed by atoms with Crippen molar-refractivity contribution in [2.24, 2.45) is 0 Å². The summed E-state index contributed by atoms with van der Waals surface area (Å²) in [6.07, 6.45) is -0.813. The number of halogens is 6. The van der Waals surface area contributed by atoms with Crippen molar-refractivity contribution in [2.75, 3.05) is 23.0 Å². The molecule has 1 N–H and O–H groups in total. The van der Waals surface area contributed by atoms with E-state index in [1.807, 2.05) is 20.8 Å². The number of amides is 1. The zero-order valence-corrected chi connectivity index (χ0v) is 43.2. The fraction of sp³-hybridized carbons (Fsp3) is 0.449. The number of nitrogens with zero attached hydrogens (tertiary/aromatic N) is 6. The van der Waals surface area contributed by atoms with Crippen molar-refractivity contribution >= 4 is 71.4 Å². The lowest BCUT2D eigenvalue weighted by Gasteiger charge is -2.29. The summed E-state index contributed by atoms with van der Waals surface area (Å²) in [6.45, 7) is 10.2. The van der Waals surface area contributed by atoms with E-state index in [0.717, 1.165) is 22.7 Å². The highest BCUT2D eigenvalue weighted by atomic mass is 79.9. The van der Waals surface area contributed by atoms with Gasteiger partial charge in [-0.3, -0.25) is 14.0 Å². The van der Waals surface area contributed by atoms with Crippen LogP contribution in [0.4, 0.5) is 28.2 Å². The maximum atomic E-state index is 15.9. The average Bonchev–Trinajstić information content (AvgIpc) is 3.62. The van der Waals surface area contributed by atoms with Gasteiger partial charge in [-0.2, -0.15) is 5.10 Å². The van der Waals surface area contributed by atoms with Gasteiger partial charge >= 0.3 is 6.09 Å². The molecule has 1 aliphatic carbocycles. The number of aromatic nitrogens is 5. The summed E-state index contributed by atoms with van der Waals surface area (Å²) in [5, 5.41) is 8.12. The summed E-state index contributed by atoms with van der Waals surface area (Å²) in [4.78, 5) is 39.7. The first kappa shape index (κ1) is 52.5. The van der Waals surface area contributed by atoms with Crippen LogP contribution < -0.4 is 19.9 Å². The van der Waals surface area contributed by atoms with Crippen LogP contribution in [0, 0.1) is 11.6 Å². The van der Waals surface area contributed by atoms with E-state index >= 15 is 4.79 Å². The van der Waals surface area contributed by atoms with Gasteiger partial charge in [0.05, 0.1) is 71.7 Å². The summed E-state index contributed by atoms with van der Waals surface area (Å²) in [5.41, 5.74) is -0.920. The Balaban J connectivity index is 1.58. The van der Waals surface area contributed by atoms with E-state index in [-0.39, 0.29) is 102 Å².